The summed E-state index contributed by atoms with van der Waals surface area (Å²) < 4.78 is 5.67. The molecule has 0 aromatic heterocycles. The van der Waals surface area contributed by atoms with Gasteiger partial charge in [-0.25, -0.2) is 0 Å². The van der Waals surface area contributed by atoms with Crippen molar-refractivity contribution in [2.24, 2.45) is 5.92 Å². The minimum atomic E-state index is -0.600. The molecule has 1 aliphatic rings. The van der Waals surface area contributed by atoms with Crippen LogP contribution in [0.4, 0.5) is 0 Å². The molecular formula is C12H25NO2. The molecule has 1 aliphatic heterocycles. The summed E-state index contributed by atoms with van der Waals surface area (Å²) in [5.41, 5.74) is -0.600. The fourth-order valence-corrected chi connectivity index (χ4v) is 2.05. The monoisotopic (exact) mass is 215 g/mol. The van der Waals surface area contributed by atoms with E-state index in [4.69, 9.17) is 4.74 Å². The Labute approximate surface area is 93.4 Å². The second-order valence-electron chi connectivity index (χ2n) is 5.46. The molecule has 1 unspecified atom stereocenters. The molecule has 1 N–H and O–H groups in total. The zero-order valence-corrected chi connectivity index (χ0v) is 10.7. The quantitative estimate of drug-likeness (QED) is 0.774. The summed E-state index contributed by atoms with van der Waals surface area (Å²) >= 11 is 0. The minimum Gasteiger partial charge on any atom is -0.389 e. The number of nitrogens with zero attached hydrogens (tertiary/aromatic N) is 1. The van der Waals surface area contributed by atoms with Crippen molar-refractivity contribution in [3.8, 4) is 0 Å². The van der Waals surface area contributed by atoms with Gasteiger partial charge in [0, 0.05) is 19.6 Å². The van der Waals surface area contributed by atoms with E-state index in [9.17, 15) is 5.11 Å². The molecule has 0 bridgehead atoms. The van der Waals surface area contributed by atoms with Gasteiger partial charge in [-0.3, -0.25) is 4.90 Å². The number of morpholine rings is 1. The Morgan fingerprint density at radius 1 is 1.33 bits per heavy atom. The van der Waals surface area contributed by atoms with Crippen LogP contribution in [0, 0.1) is 5.92 Å². The second kappa shape index (κ2) is 4.81. The molecule has 90 valence electrons. The van der Waals surface area contributed by atoms with Gasteiger partial charge in [0.2, 0.25) is 0 Å². The van der Waals surface area contributed by atoms with Gasteiger partial charge in [0.15, 0.2) is 0 Å². The molecule has 0 amide bonds. The molecule has 1 saturated heterocycles. The zero-order valence-electron chi connectivity index (χ0n) is 10.7. The van der Waals surface area contributed by atoms with Crippen LogP contribution in [-0.4, -0.2) is 47.4 Å². The number of β-amino-alcohol motifs (C(OH)–C–C–N with tert-alkyl or cyclic N) is 1. The van der Waals surface area contributed by atoms with E-state index in [1.54, 1.807) is 0 Å². The molecule has 0 spiro atoms. The summed E-state index contributed by atoms with van der Waals surface area (Å²) in [6, 6.07) is 0. The summed E-state index contributed by atoms with van der Waals surface area (Å²) in [4.78, 5) is 2.30. The van der Waals surface area contributed by atoms with Gasteiger partial charge in [-0.2, -0.15) is 0 Å². The lowest BCUT2D eigenvalue weighted by Crippen LogP contribution is -2.52. The van der Waals surface area contributed by atoms with Crippen LogP contribution in [0.2, 0.25) is 0 Å². The van der Waals surface area contributed by atoms with Crippen molar-refractivity contribution < 1.29 is 9.84 Å². The molecule has 15 heavy (non-hydrogen) atoms. The van der Waals surface area contributed by atoms with Gasteiger partial charge >= 0.3 is 0 Å². The van der Waals surface area contributed by atoms with Gasteiger partial charge in [-0.05, 0) is 26.7 Å². The number of rotatable bonds is 3. The average molecular weight is 215 g/mol. The normalized spacial score (nSPS) is 33.0. The first-order valence-corrected chi connectivity index (χ1v) is 5.91. The van der Waals surface area contributed by atoms with E-state index in [0.29, 0.717) is 0 Å². The average Bonchev–Trinajstić information content (AvgIpc) is 1.99. The van der Waals surface area contributed by atoms with Crippen molar-refractivity contribution in [1.82, 2.24) is 4.90 Å². The number of aliphatic hydroxyl groups is 1. The smallest absolute Gasteiger partial charge is 0.0768 e. The molecule has 3 atom stereocenters. The van der Waals surface area contributed by atoms with Crippen LogP contribution in [0.1, 0.15) is 34.6 Å². The Hall–Kier alpha value is -0.120. The van der Waals surface area contributed by atoms with Crippen molar-refractivity contribution >= 4 is 0 Å². The molecule has 0 aliphatic carbocycles. The molecule has 1 fully saturated rings. The Kier molecular flexibility index (Phi) is 4.15. The minimum absolute atomic E-state index is 0.275. The molecule has 0 saturated carbocycles. The summed E-state index contributed by atoms with van der Waals surface area (Å²) in [5.74, 6) is 0.283. The summed E-state index contributed by atoms with van der Waals surface area (Å²) in [6.45, 7) is 12.8. The largest absolute Gasteiger partial charge is 0.389 e. The van der Waals surface area contributed by atoms with Crippen LogP contribution in [-0.2, 0) is 4.74 Å². The number of hydrogen-bond acceptors (Lipinski definition) is 3. The zero-order chi connectivity index (χ0) is 11.6. The molecule has 1 heterocycles. The van der Waals surface area contributed by atoms with Gasteiger partial charge in [0.25, 0.3) is 0 Å². The first-order valence-electron chi connectivity index (χ1n) is 5.91. The highest BCUT2D eigenvalue weighted by Gasteiger charge is 2.31. The summed E-state index contributed by atoms with van der Waals surface area (Å²) in [5, 5.41) is 10.2. The topological polar surface area (TPSA) is 32.7 Å². The molecule has 1 rings (SSSR count). The SMILES string of the molecule is CC(C)C(C)(O)CN1C[C@@H](C)O[C@@H](C)C1. The third-order valence-electron chi connectivity index (χ3n) is 3.28. The van der Waals surface area contributed by atoms with E-state index in [1.165, 1.54) is 0 Å². The highest BCUT2D eigenvalue weighted by molar-refractivity contribution is 4.84. The van der Waals surface area contributed by atoms with E-state index in [2.05, 4.69) is 32.6 Å². The standard InChI is InChI=1S/C12H25NO2/c1-9(2)12(5,14)8-13-6-10(3)15-11(4)7-13/h9-11,14H,6-8H2,1-5H3/t10-,11+,12?. The lowest BCUT2D eigenvalue weighted by Gasteiger charge is -2.40. The van der Waals surface area contributed by atoms with Crippen LogP contribution in [0.5, 0.6) is 0 Å². The van der Waals surface area contributed by atoms with Crippen LogP contribution in [0.15, 0.2) is 0 Å². The Morgan fingerprint density at radius 3 is 2.20 bits per heavy atom. The third kappa shape index (κ3) is 3.74. The lowest BCUT2D eigenvalue weighted by molar-refractivity contribution is -0.0971. The molecule has 0 aromatic rings. The van der Waals surface area contributed by atoms with Crippen molar-refractivity contribution in [2.75, 3.05) is 19.6 Å². The van der Waals surface area contributed by atoms with Crippen LogP contribution in [0.25, 0.3) is 0 Å². The van der Waals surface area contributed by atoms with E-state index >= 15 is 0 Å². The lowest BCUT2D eigenvalue weighted by atomic mass is 9.91. The first-order chi connectivity index (χ1) is 6.81. The van der Waals surface area contributed by atoms with Gasteiger partial charge in [-0.1, -0.05) is 13.8 Å². The van der Waals surface area contributed by atoms with Crippen LogP contribution < -0.4 is 0 Å². The Balaban J connectivity index is 2.50. The van der Waals surface area contributed by atoms with Crippen molar-refractivity contribution in [1.29, 1.82) is 0 Å². The number of ether oxygens (including phenoxy) is 1. The predicted molar refractivity (Wildman–Crippen MR) is 61.9 cm³/mol. The fourth-order valence-electron chi connectivity index (χ4n) is 2.05. The van der Waals surface area contributed by atoms with Gasteiger partial charge in [-0.15, -0.1) is 0 Å². The van der Waals surface area contributed by atoms with E-state index < -0.39 is 5.60 Å². The van der Waals surface area contributed by atoms with Crippen molar-refractivity contribution in [3.63, 3.8) is 0 Å². The number of hydrogen-bond donors (Lipinski definition) is 1. The van der Waals surface area contributed by atoms with Gasteiger partial charge < -0.3 is 9.84 Å². The van der Waals surface area contributed by atoms with Crippen LogP contribution >= 0.6 is 0 Å². The molecular weight excluding hydrogens is 190 g/mol. The maximum absolute atomic E-state index is 10.2. The second-order valence-corrected chi connectivity index (χ2v) is 5.46. The molecule has 0 radical (unpaired) electrons. The summed E-state index contributed by atoms with van der Waals surface area (Å²) in [7, 11) is 0. The van der Waals surface area contributed by atoms with E-state index in [1.807, 2.05) is 6.92 Å². The maximum Gasteiger partial charge on any atom is 0.0768 e. The van der Waals surface area contributed by atoms with E-state index in [-0.39, 0.29) is 18.1 Å². The third-order valence-corrected chi connectivity index (χ3v) is 3.28. The fraction of sp³-hybridized carbons (Fsp3) is 1.00. The summed E-state index contributed by atoms with van der Waals surface area (Å²) in [6.07, 6.45) is 0.549. The molecule has 0 aromatic carbocycles. The van der Waals surface area contributed by atoms with Crippen molar-refractivity contribution in [2.45, 2.75) is 52.4 Å². The van der Waals surface area contributed by atoms with Gasteiger partial charge in [0.1, 0.15) is 0 Å². The Morgan fingerprint density at radius 2 is 1.80 bits per heavy atom. The molecule has 3 heteroatoms. The highest BCUT2D eigenvalue weighted by Crippen LogP contribution is 2.20. The maximum atomic E-state index is 10.2. The van der Waals surface area contributed by atoms with Crippen molar-refractivity contribution in [3.05, 3.63) is 0 Å². The Bertz CT molecular complexity index is 194. The predicted octanol–water partition coefficient (Wildman–Crippen LogP) is 1.50. The van der Waals surface area contributed by atoms with E-state index in [0.717, 1.165) is 19.6 Å². The van der Waals surface area contributed by atoms with Crippen LogP contribution in [0.3, 0.4) is 0 Å². The highest BCUT2D eigenvalue weighted by atomic mass is 16.5. The molecule has 3 nitrogen and oxygen atoms in total. The van der Waals surface area contributed by atoms with Gasteiger partial charge in [0.05, 0.1) is 17.8 Å². The first kappa shape index (κ1) is 12.9.